The Bertz CT molecular complexity index is 1340. The lowest BCUT2D eigenvalue weighted by Crippen LogP contribution is -2.51. The number of para-hydroxylation sites is 2. The zero-order valence-corrected chi connectivity index (χ0v) is 18.0. The summed E-state index contributed by atoms with van der Waals surface area (Å²) >= 11 is 6.32. The maximum absolute atomic E-state index is 12.0. The van der Waals surface area contributed by atoms with E-state index < -0.39 is 11.9 Å². The maximum atomic E-state index is 12.0. The van der Waals surface area contributed by atoms with E-state index in [0.29, 0.717) is 17.4 Å². The predicted molar refractivity (Wildman–Crippen MR) is 124 cm³/mol. The van der Waals surface area contributed by atoms with Gasteiger partial charge < -0.3 is 14.8 Å². The van der Waals surface area contributed by atoms with Crippen molar-refractivity contribution in [3.63, 3.8) is 0 Å². The van der Waals surface area contributed by atoms with Gasteiger partial charge in [-0.3, -0.25) is 4.79 Å². The SMILES string of the molecule is O=C(O)C1C2CCC(CC2)C1Nc1cc(-c2cccc3c2oc2ccccc23)nc(Cl)n1. The highest BCUT2D eigenvalue weighted by molar-refractivity contribution is 6.28. The van der Waals surface area contributed by atoms with Crippen LogP contribution in [0.2, 0.25) is 5.28 Å². The molecule has 7 rings (SSSR count). The van der Waals surface area contributed by atoms with Crippen LogP contribution in [0.4, 0.5) is 5.82 Å². The number of anilines is 1. The van der Waals surface area contributed by atoms with Gasteiger partial charge >= 0.3 is 5.97 Å². The smallest absolute Gasteiger partial charge is 0.308 e. The summed E-state index contributed by atoms with van der Waals surface area (Å²) in [6.07, 6.45) is 4.08. The predicted octanol–water partition coefficient (Wildman–Crippen LogP) is 6.00. The monoisotopic (exact) mass is 447 g/mol. The van der Waals surface area contributed by atoms with E-state index in [1.54, 1.807) is 0 Å². The van der Waals surface area contributed by atoms with Gasteiger partial charge in [-0.25, -0.2) is 9.97 Å². The first-order chi connectivity index (χ1) is 15.6. The molecule has 6 nitrogen and oxygen atoms in total. The molecule has 3 aliphatic rings. The van der Waals surface area contributed by atoms with Gasteiger partial charge in [0, 0.05) is 28.4 Å². The molecule has 0 amide bonds. The standard InChI is InChI=1S/C25H22ClN3O3/c26-25-27-18(17-6-3-5-16-15-4-1-2-7-19(15)32-23(16)17)12-20(29-25)28-22-14-10-8-13(9-11-14)21(22)24(30)31/h1-7,12-14,21-22H,8-11H2,(H,30,31)(H,27,28,29). The third-order valence-electron chi connectivity index (χ3n) is 7.20. The van der Waals surface area contributed by atoms with Crippen molar-refractivity contribution < 1.29 is 14.3 Å². The van der Waals surface area contributed by atoms with Gasteiger partial charge in [0.1, 0.15) is 17.0 Å². The number of rotatable bonds is 4. The summed E-state index contributed by atoms with van der Waals surface area (Å²) in [5.41, 5.74) is 3.03. The van der Waals surface area contributed by atoms with Gasteiger partial charge in [-0.1, -0.05) is 30.3 Å². The van der Waals surface area contributed by atoms with E-state index in [1.807, 2.05) is 48.5 Å². The Morgan fingerprint density at radius 3 is 2.56 bits per heavy atom. The number of carboxylic acid groups (broad SMARTS) is 1. The van der Waals surface area contributed by atoms with Gasteiger partial charge in [-0.2, -0.15) is 0 Å². The van der Waals surface area contributed by atoms with Crippen LogP contribution in [0.25, 0.3) is 33.2 Å². The lowest BCUT2D eigenvalue weighted by molar-refractivity contribution is -0.148. The first-order valence-electron chi connectivity index (χ1n) is 11.0. The second-order valence-corrected chi connectivity index (χ2v) is 9.23. The molecule has 3 fully saturated rings. The Labute approximate surface area is 189 Å². The number of fused-ring (bicyclic) bond motifs is 6. The van der Waals surface area contributed by atoms with E-state index in [4.69, 9.17) is 16.0 Å². The van der Waals surface area contributed by atoms with Crippen LogP contribution in [-0.2, 0) is 4.79 Å². The van der Waals surface area contributed by atoms with Crippen LogP contribution >= 0.6 is 11.6 Å². The van der Waals surface area contributed by atoms with Crippen molar-refractivity contribution in [3.8, 4) is 11.3 Å². The molecule has 2 bridgehead atoms. The number of nitrogens with one attached hydrogen (secondary N) is 1. The normalized spacial score (nSPS) is 24.8. The first kappa shape index (κ1) is 19.6. The molecule has 3 aliphatic carbocycles. The molecule has 3 saturated carbocycles. The number of benzene rings is 2. The zero-order chi connectivity index (χ0) is 21.8. The maximum Gasteiger partial charge on any atom is 0.308 e. The van der Waals surface area contributed by atoms with Crippen molar-refractivity contribution in [3.05, 3.63) is 53.8 Å². The summed E-state index contributed by atoms with van der Waals surface area (Å²) in [7, 11) is 0. The molecule has 2 aromatic carbocycles. The Balaban J connectivity index is 1.41. The van der Waals surface area contributed by atoms with Crippen molar-refractivity contribution >= 4 is 45.3 Å². The molecule has 0 aliphatic heterocycles. The molecule has 4 aromatic rings. The van der Waals surface area contributed by atoms with E-state index >= 15 is 0 Å². The number of aliphatic carboxylic acids is 1. The second-order valence-electron chi connectivity index (χ2n) is 8.90. The minimum atomic E-state index is -0.732. The van der Waals surface area contributed by atoms with Gasteiger partial charge in [0.15, 0.2) is 0 Å². The van der Waals surface area contributed by atoms with Crippen molar-refractivity contribution in [1.29, 1.82) is 0 Å². The Morgan fingerprint density at radius 2 is 1.75 bits per heavy atom. The van der Waals surface area contributed by atoms with Gasteiger partial charge in [0.2, 0.25) is 5.28 Å². The third kappa shape index (κ3) is 3.13. The first-order valence-corrected chi connectivity index (χ1v) is 11.4. The Kier molecular flexibility index (Phi) is 4.57. The minimum Gasteiger partial charge on any atom is -0.481 e. The fourth-order valence-corrected chi connectivity index (χ4v) is 5.94. The number of carboxylic acids is 1. The molecule has 2 aromatic heterocycles. The van der Waals surface area contributed by atoms with E-state index in [0.717, 1.165) is 53.2 Å². The molecule has 162 valence electrons. The van der Waals surface area contributed by atoms with Crippen LogP contribution in [0.1, 0.15) is 25.7 Å². The topological polar surface area (TPSA) is 88.2 Å². The van der Waals surface area contributed by atoms with Gasteiger partial charge in [0.05, 0.1) is 11.6 Å². The summed E-state index contributed by atoms with van der Waals surface area (Å²) < 4.78 is 6.15. The van der Waals surface area contributed by atoms with E-state index in [-0.39, 0.29) is 17.2 Å². The summed E-state index contributed by atoms with van der Waals surface area (Å²) in [6.45, 7) is 0. The van der Waals surface area contributed by atoms with Crippen LogP contribution in [0.5, 0.6) is 0 Å². The van der Waals surface area contributed by atoms with Crippen LogP contribution in [0, 0.1) is 17.8 Å². The average molecular weight is 448 g/mol. The molecule has 0 saturated heterocycles. The number of halogens is 1. The molecule has 2 N–H and O–H groups in total. The van der Waals surface area contributed by atoms with Crippen LogP contribution in [0.3, 0.4) is 0 Å². The quantitative estimate of drug-likeness (QED) is 0.373. The molecule has 2 unspecified atom stereocenters. The van der Waals surface area contributed by atoms with Crippen LogP contribution in [-0.4, -0.2) is 27.1 Å². The summed E-state index contributed by atoms with van der Waals surface area (Å²) in [6, 6.07) is 15.6. The number of hydrogen-bond donors (Lipinski definition) is 2. The van der Waals surface area contributed by atoms with Gasteiger partial charge in [0.25, 0.3) is 0 Å². The second kappa shape index (κ2) is 7.48. The number of hydrogen-bond acceptors (Lipinski definition) is 5. The number of nitrogens with zero attached hydrogens (tertiary/aromatic N) is 2. The van der Waals surface area contributed by atoms with E-state index in [9.17, 15) is 9.90 Å². The summed E-state index contributed by atoms with van der Waals surface area (Å²) in [4.78, 5) is 20.9. The van der Waals surface area contributed by atoms with Gasteiger partial charge in [-0.05, 0) is 61.3 Å². The van der Waals surface area contributed by atoms with Gasteiger partial charge in [-0.15, -0.1) is 0 Å². The highest BCUT2D eigenvalue weighted by Gasteiger charge is 2.47. The fraction of sp³-hybridized carbons (Fsp3) is 0.320. The summed E-state index contributed by atoms with van der Waals surface area (Å²) in [5.74, 6) is -0.0343. The largest absolute Gasteiger partial charge is 0.481 e. The Hall–Kier alpha value is -3.12. The molecule has 32 heavy (non-hydrogen) atoms. The van der Waals surface area contributed by atoms with Crippen molar-refractivity contribution in [2.75, 3.05) is 5.32 Å². The molecule has 0 radical (unpaired) electrons. The zero-order valence-electron chi connectivity index (χ0n) is 17.3. The van der Waals surface area contributed by atoms with Crippen LogP contribution in [0.15, 0.2) is 52.9 Å². The highest BCUT2D eigenvalue weighted by Crippen LogP contribution is 2.46. The summed E-state index contributed by atoms with van der Waals surface area (Å²) in [5, 5.41) is 15.5. The number of aromatic nitrogens is 2. The molecule has 7 heteroatoms. The number of furan rings is 1. The van der Waals surface area contributed by atoms with E-state index in [1.165, 1.54) is 0 Å². The molecular formula is C25H22ClN3O3. The molecular weight excluding hydrogens is 426 g/mol. The minimum absolute atomic E-state index is 0.117. The number of carbonyl (C=O) groups is 1. The average Bonchev–Trinajstić information content (AvgIpc) is 3.18. The van der Waals surface area contributed by atoms with Crippen LogP contribution < -0.4 is 5.32 Å². The lowest BCUT2D eigenvalue weighted by atomic mass is 9.61. The lowest BCUT2D eigenvalue weighted by Gasteiger charge is -2.47. The highest BCUT2D eigenvalue weighted by atomic mass is 35.5. The van der Waals surface area contributed by atoms with Crippen molar-refractivity contribution in [2.45, 2.75) is 31.7 Å². The van der Waals surface area contributed by atoms with Crippen molar-refractivity contribution in [2.24, 2.45) is 17.8 Å². The third-order valence-corrected chi connectivity index (χ3v) is 7.37. The molecule has 2 heterocycles. The van der Waals surface area contributed by atoms with E-state index in [2.05, 4.69) is 15.3 Å². The fourth-order valence-electron chi connectivity index (χ4n) is 5.76. The molecule has 0 spiro atoms. The van der Waals surface area contributed by atoms with Crippen molar-refractivity contribution in [1.82, 2.24) is 9.97 Å². The Morgan fingerprint density at radius 1 is 1.00 bits per heavy atom. The molecule has 2 atom stereocenters.